The summed E-state index contributed by atoms with van der Waals surface area (Å²) in [5, 5.41) is 2.77. The van der Waals surface area contributed by atoms with E-state index in [1.54, 1.807) is 18.3 Å². The van der Waals surface area contributed by atoms with E-state index < -0.39 is 0 Å². The van der Waals surface area contributed by atoms with Gasteiger partial charge in [0.2, 0.25) is 5.91 Å². The summed E-state index contributed by atoms with van der Waals surface area (Å²) in [5.41, 5.74) is 0.510. The predicted octanol–water partition coefficient (Wildman–Crippen LogP) is 4.02. The number of carbonyl (C=O) groups is 1. The molecule has 7 heteroatoms. The van der Waals surface area contributed by atoms with Crippen molar-refractivity contribution in [1.82, 2.24) is 4.98 Å². The van der Waals surface area contributed by atoms with Crippen molar-refractivity contribution in [2.45, 2.75) is 23.5 Å². The van der Waals surface area contributed by atoms with Crippen LogP contribution >= 0.6 is 23.4 Å². The van der Waals surface area contributed by atoms with Crippen LogP contribution in [0.15, 0.2) is 41.4 Å². The molecule has 0 spiro atoms. The molecule has 0 fully saturated rings. The second kappa shape index (κ2) is 7.77. The molecule has 1 atom stereocenters. The van der Waals surface area contributed by atoms with Crippen LogP contribution in [-0.2, 0) is 4.79 Å². The number of amides is 1. The Labute approximate surface area is 149 Å². The molecule has 0 saturated carbocycles. The molecule has 0 radical (unpaired) electrons. The van der Waals surface area contributed by atoms with E-state index in [0.29, 0.717) is 18.9 Å². The number of carbonyl (C=O) groups excluding carboxylic acids is 1. The molecule has 0 aliphatic carbocycles. The van der Waals surface area contributed by atoms with Gasteiger partial charge in [-0.25, -0.2) is 4.98 Å². The lowest BCUT2D eigenvalue weighted by Crippen LogP contribution is -2.22. The number of nitrogens with zero attached hydrogens (tertiary/aromatic N) is 1. The molecule has 1 amide bonds. The Bertz CT molecular complexity index is 742. The van der Waals surface area contributed by atoms with Crippen LogP contribution in [0.25, 0.3) is 0 Å². The van der Waals surface area contributed by atoms with Gasteiger partial charge in [0, 0.05) is 17.5 Å². The molecule has 1 aromatic heterocycles. The highest BCUT2D eigenvalue weighted by Gasteiger charge is 2.18. The number of fused-ring (bicyclic) bond motifs is 1. The lowest BCUT2D eigenvalue weighted by Gasteiger charge is -2.14. The van der Waals surface area contributed by atoms with Crippen molar-refractivity contribution in [3.05, 3.63) is 41.7 Å². The zero-order valence-electron chi connectivity index (χ0n) is 13.1. The molecular formula is C17H17ClN2O3S. The third kappa shape index (κ3) is 4.13. The second-order valence-corrected chi connectivity index (χ2v) is 7.02. The maximum Gasteiger partial charge on any atom is 0.237 e. The highest BCUT2D eigenvalue weighted by atomic mass is 35.5. The predicted molar refractivity (Wildman–Crippen MR) is 95.2 cm³/mol. The smallest absolute Gasteiger partial charge is 0.237 e. The van der Waals surface area contributed by atoms with E-state index in [0.717, 1.165) is 22.8 Å². The molecule has 126 valence electrons. The highest BCUT2D eigenvalue weighted by molar-refractivity contribution is 8.00. The first-order valence-corrected chi connectivity index (χ1v) is 8.87. The van der Waals surface area contributed by atoms with E-state index in [9.17, 15) is 4.79 Å². The van der Waals surface area contributed by atoms with Crippen molar-refractivity contribution in [2.24, 2.45) is 0 Å². The van der Waals surface area contributed by atoms with Crippen LogP contribution in [0.4, 0.5) is 5.69 Å². The highest BCUT2D eigenvalue weighted by Crippen LogP contribution is 2.35. The van der Waals surface area contributed by atoms with Crippen molar-refractivity contribution in [3.8, 4) is 11.5 Å². The molecule has 1 aliphatic heterocycles. The molecule has 24 heavy (non-hydrogen) atoms. The fourth-order valence-electron chi connectivity index (χ4n) is 2.19. The maximum atomic E-state index is 12.3. The van der Waals surface area contributed by atoms with Crippen LogP contribution in [0, 0.1) is 0 Å². The van der Waals surface area contributed by atoms with E-state index in [4.69, 9.17) is 21.1 Å². The van der Waals surface area contributed by atoms with E-state index in [2.05, 4.69) is 10.3 Å². The molecule has 0 bridgehead atoms. The number of halogens is 1. The third-order valence-electron chi connectivity index (χ3n) is 3.42. The number of benzene rings is 1. The van der Waals surface area contributed by atoms with Crippen molar-refractivity contribution in [3.63, 3.8) is 0 Å². The van der Waals surface area contributed by atoms with Crippen LogP contribution in [-0.4, -0.2) is 29.4 Å². The van der Waals surface area contributed by atoms with Gasteiger partial charge in [0.25, 0.3) is 0 Å². The lowest BCUT2D eigenvalue weighted by molar-refractivity contribution is -0.115. The molecule has 3 rings (SSSR count). The van der Waals surface area contributed by atoms with Crippen molar-refractivity contribution < 1.29 is 14.3 Å². The normalized spacial score (nSPS) is 14.6. The van der Waals surface area contributed by atoms with Crippen molar-refractivity contribution in [2.75, 3.05) is 18.5 Å². The maximum absolute atomic E-state index is 12.3. The summed E-state index contributed by atoms with van der Waals surface area (Å²) in [5.74, 6) is 1.33. The van der Waals surface area contributed by atoms with Crippen LogP contribution in [0.1, 0.15) is 13.3 Å². The first kappa shape index (κ1) is 16.9. The molecule has 1 aromatic carbocycles. The Balaban J connectivity index is 1.66. The fraction of sp³-hybridized carbons (Fsp3) is 0.294. The van der Waals surface area contributed by atoms with Gasteiger partial charge in [-0.1, -0.05) is 11.6 Å². The molecule has 0 unspecified atom stereocenters. The fourth-order valence-corrected chi connectivity index (χ4v) is 3.25. The average molecular weight is 365 g/mol. The van der Waals surface area contributed by atoms with Crippen molar-refractivity contribution in [1.29, 1.82) is 0 Å². The Morgan fingerprint density at radius 3 is 2.88 bits per heavy atom. The Morgan fingerprint density at radius 1 is 1.29 bits per heavy atom. The van der Waals surface area contributed by atoms with Gasteiger partial charge in [-0.2, -0.15) is 0 Å². The number of rotatable bonds is 4. The Kier molecular flexibility index (Phi) is 5.48. The summed E-state index contributed by atoms with van der Waals surface area (Å²) in [6, 6.07) is 9.16. The molecular weight excluding hydrogens is 348 g/mol. The van der Waals surface area contributed by atoms with E-state index in [1.165, 1.54) is 11.8 Å². The minimum Gasteiger partial charge on any atom is -0.490 e. The molecule has 2 heterocycles. The standard InChI is InChI=1S/C17H17ClN2O3S/c1-11(17(21)20-13-4-2-7-19-16(13)18)24-12-5-6-14-15(10-12)23-9-3-8-22-14/h2,4-7,10-11H,3,8-9H2,1H3,(H,20,21)/t11-/m1/s1. The third-order valence-corrected chi connectivity index (χ3v) is 4.81. The quantitative estimate of drug-likeness (QED) is 0.656. The van der Waals surface area contributed by atoms with E-state index in [1.807, 2.05) is 25.1 Å². The van der Waals surface area contributed by atoms with Gasteiger partial charge in [0.15, 0.2) is 16.7 Å². The van der Waals surface area contributed by atoms with Gasteiger partial charge in [-0.3, -0.25) is 4.79 Å². The largest absolute Gasteiger partial charge is 0.490 e. The molecule has 5 nitrogen and oxygen atoms in total. The van der Waals surface area contributed by atoms with Gasteiger partial charge in [0.1, 0.15) is 0 Å². The number of ether oxygens (including phenoxy) is 2. The second-order valence-electron chi connectivity index (χ2n) is 5.25. The number of anilines is 1. The van der Waals surface area contributed by atoms with Crippen LogP contribution in [0.2, 0.25) is 5.15 Å². The zero-order valence-corrected chi connectivity index (χ0v) is 14.7. The van der Waals surface area contributed by atoms with E-state index in [-0.39, 0.29) is 16.3 Å². The number of hydrogen-bond acceptors (Lipinski definition) is 5. The molecule has 1 aliphatic rings. The monoisotopic (exact) mass is 364 g/mol. The zero-order chi connectivity index (χ0) is 16.9. The Hall–Kier alpha value is -1.92. The van der Waals surface area contributed by atoms with Gasteiger partial charge in [0.05, 0.1) is 24.2 Å². The number of aromatic nitrogens is 1. The summed E-state index contributed by atoms with van der Waals surface area (Å²) in [6.45, 7) is 3.13. The minimum absolute atomic E-state index is 0.137. The molecule has 1 N–H and O–H groups in total. The first-order valence-electron chi connectivity index (χ1n) is 7.61. The minimum atomic E-state index is -0.300. The van der Waals surface area contributed by atoms with Gasteiger partial charge in [-0.15, -0.1) is 11.8 Å². The number of pyridine rings is 1. The van der Waals surface area contributed by atoms with Gasteiger partial charge < -0.3 is 14.8 Å². The summed E-state index contributed by atoms with van der Waals surface area (Å²) in [6.07, 6.45) is 2.44. The summed E-state index contributed by atoms with van der Waals surface area (Å²) < 4.78 is 11.3. The molecule has 2 aromatic rings. The van der Waals surface area contributed by atoms with E-state index >= 15 is 0 Å². The van der Waals surface area contributed by atoms with Crippen LogP contribution in [0.5, 0.6) is 11.5 Å². The van der Waals surface area contributed by atoms with Crippen molar-refractivity contribution >= 4 is 35.0 Å². The SMILES string of the molecule is C[C@@H](Sc1ccc2c(c1)OCCCO2)C(=O)Nc1cccnc1Cl. The Morgan fingerprint density at radius 2 is 2.08 bits per heavy atom. The van der Waals surface area contributed by atoms with Crippen LogP contribution < -0.4 is 14.8 Å². The van der Waals surface area contributed by atoms with Gasteiger partial charge in [-0.05, 0) is 37.3 Å². The average Bonchev–Trinajstić information content (AvgIpc) is 2.81. The topological polar surface area (TPSA) is 60.5 Å². The molecule has 0 saturated heterocycles. The van der Waals surface area contributed by atoms with Crippen LogP contribution in [0.3, 0.4) is 0 Å². The number of hydrogen-bond donors (Lipinski definition) is 1. The summed E-state index contributed by atoms with van der Waals surface area (Å²) in [7, 11) is 0. The number of thioether (sulfide) groups is 1. The number of nitrogens with one attached hydrogen (secondary N) is 1. The van der Waals surface area contributed by atoms with Gasteiger partial charge >= 0.3 is 0 Å². The summed E-state index contributed by atoms with van der Waals surface area (Å²) >= 11 is 7.41. The summed E-state index contributed by atoms with van der Waals surface area (Å²) in [4.78, 5) is 17.2. The lowest BCUT2D eigenvalue weighted by atomic mass is 10.3. The first-order chi connectivity index (χ1) is 11.6.